The maximum atomic E-state index is 8.95. The zero-order valence-electron chi connectivity index (χ0n) is 6.60. The molecule has 1 aromatic rings. The van der Waals surface area contributed by atoms with Gasteiger partial charge in [0.15, 0.2) is 4.32 Å². The van der Waals surface area contributed by atoms with Crippen LogP contribution in [0.25, 0.3) is 0 Å². The molecule has 0 saturated carbocycles. The van der Waals surface area contributed by atoms with Crippen LogP contribution in [0.5, 0.6) is 0 Å². The van der Waals surface area contributed by atoms with Gasteiger partial charge in [0.25, 0.3) is 0 Å². The van der Waals surface area contributed by atoms with Crippen molar-refractivity contribution in [1.29, 1.82) is 0 Å². The summed E-state index contributed by atoms with van der Waals surface area (Å²) in [6, 6.07) is 9.70. The van der Waals surface area contributed by atoms with E-state index in [1.807, 2.05) is 30.3 Å². The van der Waals surface area contributed by atoms with Crippen LogP contribution in [0.1, 0.15) is 0 Å². The van der Waals surface area contributed by atoms with E-state index in [4.69, 9.17) is 17.4 Å². The fraction of sp³-hybridized carbons (Fsp3) is 0.125. The van der Waals surface area contributed by atoms with Crippen molar-refractivity contribution < 1.29 is 5.21 Å². The molecule has 0 saturated heterocycles. The van der Waals surface area contributed by atoms with Crippen molar-refractivity contribution in [2.24, 2.45) is 0 Å². The predicted octanol–water partition coefficient (Wildman–Crippen LogP) is 2.38. The van der Waals surface area contributed by atoms with Crippen molar-refractivity contribution in [3.8, 4) is 0 Å². The molecule has 0 spiro atoms. The molecule has 12 heavy (non-hydrogen) atoms. The second-order valence-electron chi connectivity index (χ2n) is 2.20. The van der Waals surface area contributed by atoms with E-state index >= 15 is 0 Å². The molecule has 0 unspecified atom stereocenters. The highest BCUT2D eigenvalue weighted by Crippen LogP contribution is 2.19. The van der Waals surface area contributed by atoms with Crippen molar-refractivity contribution in [2.45, 2.75) is 4.90 Å². The third-order valence-corrected chi connectivity index (χ3v) is 2.67. The molecule has 0 amide bonds. The average Bonchev–Trinajstić information content (AvgIpc) is 2.06. The van der Waals surface area contributed by atoms with Gasteiger partial charge in [-0.05, 0) is 12.1 Å². The van der Waals surface area contributed by atoms with Crippen LogP contribution in [0.3, 0.4) is 0 Å². The summed E-state index contributed by atoms with van der Waals surface area (Å²) in [5.41, 5.74) is 0. The molecule has 0 atom stereocenters. The number of hydrogen-bond acceptors (Lipinski definition) is 3. The van der Waals surface area contributed by atoms with E-state index in [9.17, 15) is 0 Å². The second kappa shape index (κ2) is 4.45. The summed E-state index contributed by atoms with van der Waals surface area (Å²) in [6.45, 7) is 0. The maximum Gasteiger partial charge on any atom is 0.164 e. The lowest BCUT2D eigenvalue weighted by atomic mass is 10.4. The van der Waals surface area contributed by atoms with Crippen LogP contribution >= 0.6 is 24.0 Å². The Morgan fingerprint density at radius 1 is 1.42 bits per heavy atom. The first-order valence-electron chi connectivity index (χ1n) is 3.39. The summed E-state index contributed by atoms with van der Waals surface area (Å²) in [6.07, 6.45) is 0. The molecule has 1 rings (SSSR count). The molecule has 0 fully saturated rings. The summed E-state index contributed by atoms with van der Waals surface area (Å²) in [5, 5.41) is 9.89. The topological polar surface area (TPSA) is 23.5 Å². The maximum absolute atomic E-state index is 8.95. The number of rotatable bonds is 1. The van der Waals surface area contributed by atoms with Gasteiger partial charge in [-0.25, -0.2) is 5.06 Å². The number of nitrogens with zero attached hydrogens (tertiary/aromatic N) is 1. The molecule has 4 heteroatoms. The van der Waals surface area contributed by atoms with E-state index in [2.05, 4.69) is 0 Å². The lowest BCUT2D eigenvalue weighted by Crippen LogP contribution is -2.16. The molecule has 1 aromatic carbocycles. The molecular formula is C8H9NOS2. The van der Waals surface area contributed by atoms with Gasteiger partial charge in [0.1, 0.15) is 0 Å². The molecule has 0 heterocycles. The minimum Gasteiger partial charge on any atom is -0.287 e. The van der Waals surface area contributed by atoms with Crippen molar-refractivity contribution in [1.82, 2.24) is 5.06 Å². The Morgan fingerprint density at radius 2 is 2.00 bits per heavy atom. The normalized spacial score (nSPS) is 9.50. The van der Waals surface area contributed by atoms with E-state index in [1.165, 1.54) is 18.8 Å². The molecule has 64 valence electrons. The van der Waals surface area contributed by atoms with Gasteiger partial charge in [-0.15, -0.1) is 0 Å². The van der Waals surface area contributed by atoms with E-state index in [1.54, 1.807) is 0 Å². The molecule has 1 N–H and O–H groups in total. The van der Waals surface area contributed by atoms with Gasteiger partial charge < -0.3 is 0 Å². The van der Waals surface area contributed by atoms with Crippen molar-refractivity contribution in [3.05, 3.63) is 30.3 Å². The number of thioether (sulfide) groups is 1. The first-order valence-corrected chi connectivity index (χ1v) is 4.62. The molecule has 0 aliphatic heterocycles. The molecule has 0 bridgehead atoms. The van der Waals surface area contributed by atoms with E-state index in [0.29, 0.717) is 4.32 Å². The molecule has 0 radical (unpaired) electrons. The smallest absolute Gasteiger partial charge is 0.164 e. The van der Waals surface area contributed by atoms with Crippen LogP contribution in [-0.4, -0.2) is 21.6 Å². The number of thiocarbonyl (C=S) groups is 1. The lowest BCUT2D eigenvalue weighted by molar-refractivity contribution is 0.0205. The Balaban J connectivity index is 2.59. The van der Waals surface area contributed by atoms with E-state index < -0.39 is 0 Å². The first-order chi connectivity index (χ1) is 5.70. The van der Waals surface area contributed by atoms with Gasteiger partial charge in [-0.1, -0.05) is 42.2 Å². The first kappa shape index (κ1) is 9.51. The van der Waals surface area contributed by atoms with Gasteiger partial charge in [0.2, 0.25) is 0 Å². The van der Waals surface area contributed by atoms with Crippen LogP contribution in [0.15, 0.2) is 35.2 Å². The standard InChI is InChI=1S/C8H9NOS2/c1-9(10)8(11)12-7-5-3-2-4-6-7/h2-6,10H,1H3. The fourth-order valence-electron chi connectivity index (χ4n) is 0.655. The third-order valence-electron chi connectivity index (χ3n) is 1.21. The molecule has 0 aliphatic carbocycles. The Morgan fingerprint density at radius 3 is 2.50 bits per heavy atom. The lowest BCUT2D eigenvalue weighted by Gasteiger charge is -2.09. The number of hydrogen-bond donors (Lipinski definition) is 1. The molecule has 0 aliphatic rings. The second-order valence-corrected chi connectivity index (χ2v) is 3.91. The summed E-state index contributed by atoms with van der Waals surface area (Å²) in [5.74, 6) is 0. The molecule has 2 nitrogen and oxygen atoms in total. The summed E-state index contributed by atoms with van der Waals surface area (Å²) in [4.78, 5) is 1.03. The van der Waals surface area contributed by atoms with E-state index in [0.717, 1.165) is 9.96 Å². The van der Waals surface area contributed by atoms with Crippen LogP contribution in [0, 0.1) is 0 Å². The van der Waals surface area contributed by atoms with Crippen LogP contribution in [0.2, 0.25) is 0 Å². The monoisotopic (exact) mass is 199 g/mol. The van der Waals surface area contributed by atoms with Gasteiger partial charge in [-0.2, -0.15) is 0 Å². The van der Waals surface area contributed by atoms with Crippen LogP contribution < -0.4 is 0 Å². The van der Waals surface area contributed by atoms with Crippen LogP contribution in [0.4, 0.5) is 0 Å². The molecular weight excluding hydrogens is 190 g/mol. The van der Waals surface area contributed by atoms with Gasteiger partial charge in [0, 0.05) is 11.9 Å². The minimum absolute atomic E-state index is 0.446. The fourth-order valence-corrected chi connectivity index (χ4v) is 1.57. The largest absolute Gasteiger partial charge is 0.287 e. The van der Waals surface area contributed by atoms with Gasteiger partial charge in [0.05, 0.1) is 0 Å². The van der Waals surface area contributed by atoms with Crippen molar-refractivity contribution in [3.63, 3.8) is 0 Å². The highest BCUT2D eigenvalue weighted by molar-refractivity contribution is 8.22. The van der Waals surface area contributed by atoms with Gasteiger partial charge in [-0.3, -0.25) is 5.21 Å². The quantitative estimate of drug-likeness (QED) is 0.426. The van der Waals surface area contributed by atoms with E-state index in [-0.39, 0.29) is 0 Å². The Labute approximate surface area is 81.2 Å². The predicted molar refractivity (Wildman–Crippen MR) is 54.4 cm³/mol. The Hall–Kier alpha value is -0.580. The summed E-state index contributed by atoms with van der Waals surface area (Å²) >= 11 is 6.26. The molecule has 0 aromatic heterocycles. The summed E-state index contributed by atoms with van der Waals surface area (Å²) in [7, 11) is 1.51. The van der Waals surface area contributed by atoms with Crippen molar-refractivity contribution in [2.75, 3.05) is 7.05 Å². The zero-order chi connectivity index (χ0) is 8.97. The SMILES string of the molecule is CN(O)C(=S)Sc1ccccc1. The number of hydroxylamine groups is 2. The van der Waals surface area contributed by atoms with Crippen molar-refractivity contribution >= 4 is 28.3 Å². The van der Waals surface area contributed by atoms with Gasteiger partial charge >= 0.3 is 0 Å². The highest BCUT2D eigenvalue weighted by atomic mass is 32.2. The number of benzene rings is 1. The average molecular weight is 199 g/mol. The van der Waals surface area contributed by atoms with Crippen LogP contribution in [-0.2, 0) is 0 Å². The third kappa shape index (κ3) is 2.81. The summed E-state index contributed by atoms with van der Waals surface area (Å²) < 4.78 is 0.446. The minimum atomic E-state index is 0.446. The zero-order valence-corrected chi connectivity index (χ0v) is 8.23. The Bertz CT molecular complexity index is 261. The Kier molecular flexibility index (Phi) is 3.52. The highest BCUT2D eigenvalue weighted by Gasteiger charge is 2.01.